The fraction of sp³-hybridized carbons (Fsp3) is 0.646. The van der Waals surface area contributed by atoms with Crippen LogP contribution in [0.15, 0.2) is 122 Å². The third-order valence-electron chi connectivity index (χ3n) is 11.9. The normalized spacial score (nSPS) is 13.0. The van der Waals surface area contributed by atoms with Gasteiger partial charge < -0.3 is 14.2 Å². The predicted molar refractivity (Wildman–Crippen MR) is 306 cm³/mol. The van der Waals surface area contributed by atoms with Gasteiger partial charge in [-0.1, -0.05) is 239 Å². The Hall–Kier alpha value is -4.19. The highest BCUT2D eigenvalue weighted by molar-refractivity contribution is 5.71. The van der Waals surface area contributed by atoms with Gasteiger partial charge in [0.1, 0.15) is 13.2 Å². The molecule has 0 N–H and O–H groups in total. The maximum absolute atomic E-state index is 12.9. The molecule has 0 aromatic carbocycles. The number of allylic oxidation sites excluding steroid dienone is 20. The van der Waals surface area contributed by atoms with Crippen molar-refractivity contribution in [3.8, 4) is 0 Å². The highest BCUT2D eigenvalue weighted by Crippen LogP contribution is 2.14. The van der Waals surface area contributed by atoms with Crippen LogP contribution in [0.1, 0.15) is 252 Å². The van der Waals surface area contributed by atoms with E-state index in [1.165, 1.54) is 96.3 Å². The molecule has 0 aliphatic rings. The molecule has 6 nitrogen and oxygen atoms in total. The second kappa shape index (κ2) is 58.4. The third kappa shape index (κ3) is 56.6. The standard InChI is InChI=1S/C65H106O6/c1-4-7-10-13-16-19-22-25-28-31-32-35-37-40-43-46-49-52-55-58-64(67)70-61-62(71-65(68)59-56-53-50-47-44-41-38-34-30-27-24-21-18-15-12-9-6-3)60-69-63(66)57-54-51-48-45-42-39-36-33-29-26-23-20-17-14-11-8-5-2/h7,9-10,12,16,18-19,21,25-30,32,35,40,43,49,52,62H,4-6,8,11,13-15,17,20,22-24,31,33-34,36-39,41-42,44-48,50-51,53-61H2,1-3H3/b10-7-,12-9-,19-16-,21-18-,28-25-,29-26-,30-27-,35-32-,43-40-,52-49-. The second-order valence-electron chi connectivity index (χ2n) is 18.8. The first kappa shape index (κ1) is 66.8. The van der Waals surface area contributed by atoms with E-state index in [0.29, 0.717) is 19.3 Å². The summed E-state index contributed by atoms with van der Waals surface area (Å²) in [6.07, 6.45) is 80.5. The number of esters is 3. The molecule has 0 aliphatic carbocycles. The van der Waals surface area contributed by atoms with Crippen LogP contribution in [0.5, 0.6) is 0 Å². The summed E-state index contributed by atoms with van der Waals surface area (Å²) in [5.74, 6) is -1.01. The third-order valence-corrected chi connectivity index (χ3v) is 11.9. The van der Waals surface area contributed by atoms with E-state index in [4.69, 9.17) is 14.2 Å². The Morgan fingerprint density at radius 2 is 0.577 bits per heavy atom. The van der Waals surface area contributed by atoms with E-state index >= 15 is 0 Å². The van der Waals surface area contributed by atoms with E-state index in [2.05, 4.69) is 136 Å². The van der Waals surface area contributed by atoms with Crippen molar-refractivity contribution >= 4 is 17.9 Å². The van der Waals surface area contributed by atoms with Gasteiger partial charge in [-0.15, -0.1) is 0 Å². The molecule has 0 rings (SSSR count). The van der Waals surface area contributed by atoms with Crippen LogP contribution in [0, 0.1) is 0 Å². The Labute approximate surface area is 437 Å². The SMILES string of the molecule is CC/C=C\C/C=C\C/C=C\C/C=C\C/C=C\C/C=C\CCC(=O)OCC(COC(=O)CCCCCCCCC/C=C\CCCCCCCC)OC(=O)CCCCCCCCC/C=C\C/C=C\C/C=C\CC. The highest BCUT2D eigenvalue weighted by atomic mass is 16.6. The fourth-order valence-electron chi connectivity index (χ4n) is 7.65. The quantitative estimate of drug-likeness (QED) is 0.0261. The Balaban J connectivity index is 4.53. The first-order valence-electron chi connectivity index (χ1n) is 29.0. The van der Waals surface area contributed by atoms with Gasteiger partial charge >= 0.3 is 17.9 Å². The van der Waals surface area contributed by atoms with Crippen molar-refractivity contribution in [1.82, 2.24) is 0 Å². The maximum atomic E-state index is 12.9. The number of ether oxygens (including phenoxy) is 3. The Morgan fingerprint density at radius 3 is 0.958 bits per heavy atom. The van der Waals surface area contributed by atoms with Gasteiger partial charge in [0.15, 0.2) is 6.10 Å². The lowest BCUT2D eigenvalue weighted by Crippen LogP contribution is -2.30. The maximum Gasteiger partial charge on any atom is 0.306 e. The predicted octanol–water partition coefficient (Wildman–Crippen LogP) is 19.6. The zero-order valence-electron chi connectivity index (χ0n) is 45.9. The molecule has 0 radical (unpaired) electrons. The molecular weight excluding hydrogens is 877 g/mol. The molecule has 1 atom stereocenters. The molecule has 0 aromatic heterocycles. The lowest BCUT2D eigenvalue weighted by atomic mass is 10.1. The van der Waals surface area contributed by atoms with Gasteiger partial charge in [0.25, 0.3) is 0 Å². The van der Waals surface area contributed by atoms with Crippen molar-refractivity contribution in [3.05, 3.63) is 122 Å². The average molecular weight is 984 g/mol. The molecule has 71 heavy (non-hydrogen) atoms. The fourth-order valence-corrected chi connectivity index (χ4v) is 7.65. The van der Waals surface area contributed by atoms with Crippen LogP contribution in [0.3, 0.4) is 0 Å². The van der Waals surface area contributed by atoms with Gasteiger partial charge in [-0.25, -0.2) is 0 Å². The van der Waals surface area contributed by atoms with Crippen molar-refractivity contribution < 1.29 is 28.6 Å². The molecule has 0 fully saturated rings. The number of hydrogen-bond acceptors (Lipinski definition) is 6. The monoisotopic (exact) mass is 983 g/mol. The van der Waals surface area contributed by atoms with E-state index in [1.54, 1.807) is 0 Å². The molecule has 0 saturated heterocycles. The molecule has 0 heterocycles. The van der Waals surface area contributed by atoms with E-state index in [9.17, 15) is 14.4 Å². The summed E-state index contributed by atoms with van der Waals surface area (Å²) in [6, 6.07) is 0. The molecule has 0 aromatic rings. The highest BCUT2D eigenvalue weighted by Gasteiger charge is 2.19. The minimum Gasteiger partial charge on any atom is -0.462 e. The van der Waals surface area contributed by atoms with Crippen LogP contribution in [0.25, 0.3) is 0 Å². The van der Waals surface area contributed by atoms with Gasteiger partial charge in [-0.2, -0.15) is 0 Å². The van der Waals surface area contributed by atoms with Gasteiger partial charge in [-0.05, 0) is 116 Å². The van der Waals surface area contributed by atoms with Crippen molar-refractivity contribution in [3.63, 3.8) is 0 Å². The van der Waals surface area contributed by atoms with Crippen LogP contribution < -0.4 is 0 Å². The molecule has 0 amide bonds. The van der Waals surface area contributed by atoms with E-state index in [-0.39, 0.29) is 37.5 Å². The van der Waals surface area contributed by atoms with Crippen molar-refractivity contribution in [2.45, 2.75) is 258 Å². The van der Waals surface area contributed by atoms with Crippen molar-refractivity contribution in [1.29, 1.82) is 0 Å². The lowest BCUT2D eigenvalue weighted by molar-refractivity contribution is -0.166. The van der Waals surface area contributed by atoms with Gasteiger partial charge in [0.2, 0.25) is 0 Å². The molecule has 0 aliphatic heterocycles. The van der Waals surface area contributed by atoms with E-state index < -0.39 is 6.10 Å². The van der Waals surface area contributed by atoms with Gasteiger partial charge in [0.05, 0.1) is 0 Å². The molecule has 0 spiro atoms. The first-order valence-corrected chi connectivity index (χ1v) is 29.0. The van der Waals surface area contributed by atoms with Crippen LogP contribution in [-0.4, -0.2) is 37.2 Å². The summed E-state index contributed by atoms with van der Waals surface area (Å²) >= 11 is 0. The van der Waals surface area contributed by atoms with Crippen LogP contribution >= 0.6 is 0 Å². The molecule has 402 valence electrons. The molecule has 1 unspecified atom stereocenters. The van der Waals surface area contributed by atoms with Crippen LogP contribution in [-0.2, 0) is 28.6 Å². The number of carbonyl (C=O) groups excluding carboxylic acids is 3. The summed E-state index contributed by atoms with van der Waals surface area (Å²) in [5.41, 5.74) is 0. The molecule has 0 saturated carbocycles. The van der Waals surface area contributed by atoms with Gasteiger partial charge in [-0.3, -0.25) is 14.4 Å². The topological polar surface area (TPSA) is 78.9 Å². The lowest BCUT2D eigenvalue weighted by Gasteiger charge is -2.18. The zero-order chi connectivity index (χ0) is 51.4. The smallest absolute Gasteiger partial charge is 0.306 e. The van der Waals surface area contributed by atoms with E-state index in [1.807, 2.05) is 6.08 Å². The molecule has 6 heteroatoms. The number of unbranched alkanes of at least 4 members (excludes halogenated alkanes) is 20. The molecule has 0 bridgehead atoms. The number of rotatable bonds is 51. The average Bonchev–Trinajstić information content (AvgIpc) is 3.37. The van der Waals surface area contributed by atoms with Crippen LogP contribution in [0.2, 0.25) is 0 Å². The van der Waals surface area contributed by atoms with Crippen LogP contribution in [0.4, 0.5) is 0 Å². The second-order valence-corrected chi connectivity index (χ2v) is 18.8. The summed E-state index contributed by atoms with van der Waals surface area (Å²) in [5, 5.41) is 0. The number of carbonyl (C=O) groups is 3. The Morgan fingerprint density at radius 1 is 0.296 bits per heavy atom. The molecular formula is C65H106O6. The summed E-state index contributed by atoms with van der Waals surface area (Å²) in [4.78, 5) is 38.2. The van der Waals surface area contributed by atoms with Crippen molar-refractivity contribution in [2.24, 2.45) is 0 Å². The van der Waals surface area contributed by atoms with E-state index in [0.717, 1.165) is 109 Å². The Bertz CT molecular complexity index is 1500. The largest absolute Gasteiger partial charge is 0.462 e. The number of hydrogen-bond donors (Lipinski definition) is 0. The minimum absolute atomic E-state index is 0.110. The first-order chi connectivity index (χ1) is 35.0. The Kier molecular flexibility index (Phi) is 54.9. The van der Waals surface area contributed by atoms with Crippen molar-refractivity contribution in [2.75, 3.05) is 13.2 Å². The summed E-state index contributed by atoms with van der Waals surface area (Å²) < 4.78 is 16.8. The minimum atomic E-state index is -0.820. The summed E-state index contributed by atoms with van der Waals surface area (Å²) in [7, 11) is 0. The zero-order valence-corrected chi connectivity index (χ0v) is 45.9. The summed E-state index contributed by atoms with van der Waals surface area (Å²) in [6.45, 7) is 6.34. The van der Waals surface area contributed by atoms with Gasteiger partial charge in [0, 0.05) is 19.3 Å².